The zero-order valence-electron chi connectivity index (χ0n) is 10.2. The first-order chi connectivity index (χ1) is 9.81. The van der Waals surface area contributed by atoms with E-state index in [1.54, 1.807) is 0 Å². The molecule has 1 heterocycles. The molecule has 2 rings (SSSR count). The van der Waals surface area contributed by atoms with Gasteiger partial charge in [0.05, 0.1) is 11.3 Å². The van der Waals surface area contributed by atoms with E-state index >= 15 is 0 Å². The van der Waals surface area contributed by atoms with Crippen LogP contribution in [0.5, 0.6) is 0 Å². The lowest BCUT2D eigenvalue weighted by Crippen LogP contribution is -2.17. The highest BCUT2D eigenvalue weighted by atomic mass is 32.2. The molecule has 0 spiro atoms. The number of aromatic nitrogens is 1. The van der Waals surface area contributed by atoms with Crippen LogP contribution in [0.15, 0.2) is 41.6 Å². The second-order valence-corrected chi connectivity index (χ2v) is 5.49. The van der Waals surface area contributed by atoms with Crippen LogP contribution in [0.4, 0.5) is 14.5 Å². The first-order valence-electron chi connectivity index (χ1n) is 5.47. The smallest absolute Gasteiger partial charge is 0.335 e. The number of carbonyl (C=O) groups is 1. The lowest BCUT2D eigenvalue weighted by Gasteiger charge is -2.09. The molecule has 0 bridgehead atoms. The predicted octanol–water partition coefficient (Wildman–Crippen LogP) is 1.86. The highest BCUT2D eigenvalue weighted by Crippen LogP contribution is 2.20. The maximum atomic E-state index is 13.7. The van der Waals surface area contributed by atoms with Crippen molar-refractivity contribution in [2.75, 3.05) is 4.72 Å². The molecular formula is C12H8F2N2O4S. The Bertz CT molecular complexity index is 809. The number of carboxylic acid groups (broad SMARTS) is 1. The molecule has 2 N–H and O–H groups in total. The Morgan fingerprint density at radius 2 is 1.90 bits per heavy atom. The van der Waals surface area contributed by atoms with Gasteiger partial charge < -0.3 is 5.11 Å². The third-order valence-corrected chi connectivity index (χ3v) is 3.74. The number of nitrogens with one attached hydrogen (secondary N) is 1. The molecule has 0 radical (unpaired) electrons. The average molecular weight is 314 g/mol. The number of halogens is 2. The zero-order chi connectivity index (χ0) is 15.6. The second kappa shape index (κ2) is 5.44. The molecule has 0 atom stereocenters. The van der Waals surface area contributed by atoms with Crippen molar-refractivity contribution in [1.82, 2.24) is 4.98 Å². The van der Waals surface area contributed by atoms with Crippen LogP contribution in [0.2, 0.25) is 0 Å². The van der Waals surface area contributed by atoms with Crippen LogP contribution < -0.4 is 4.72 Å². The summed E-state index contributed by atoms with van der Waals surface area (Å²) >= 11 is 0. The highest BCUT2D eigenvalue weighted by molar-refractivity contribution is 7.92. The van der Waals surface area contributed by atoms with Crippen LogP contribution >= 0.6 is 0 Å². The number of anilines is 1. The van der Waals surface area contributed by atoms with E-state index in [1.807, 2.05) is 4.72 Å². The number of rotatable bonds is 4. The number of hydrogen-bond donors (Lipinski definition) is 2. The number of sulfonamides is 1. The molecule has 0 aliphatic carbocycles. The Balaban J connectivity index is 2.38. The molecule has 0 unspecified atom stereocenters. The van der Waals surface area contributed by atoms with Crippen molar-refractivity contribution in [1.29, 1.82) is 0 Å². The fourth-order valence-corrected chi connectivity index (χ4v) is 2.57. The summed E-state index contributed by atoms with van der Waals surface area (Å²) in [5.74, 6) is -3.55. The summed E-state index contributed by atoms with van der Waals surface area (Å²) in [7, 11) is -4.42. The topological polar surface area (TPSA) is 96.4 Å². The van der Waals surface area contributed by atoms with E-state index in [0.29, 0.717) is 6.07 Å². The van der Waals surface area contributed by atoms with E-state index in [4.69, 9.17) is 5.11 Å². The third kappa shape index (κ3) is 3.14. The molecule has 0 amide bonds. The Kier molecular flexibility index (Phi) is 3.85. The maximum Gasteiger partial charge on any atom is 0.335 e. The highest BCUT2D eigenvalue weighted by Gasteiger charge is 2.22. The third-order valence-electron chi connectivity index (χ3n) is 2.44. The standard InChI is InChI=1S/C12H8F2N2O4S/c13-8-2-1-5-15-11(8)21(19,20)16-10-4-3-7(12(17)18)6-9(10)14/h1-6,16H,(H,17,18). The number of aromatic carboxylic acids is 1. The predicted molar refractivity (Wildman–Crippen MR) is 68.4 cm³/mol. The minimum atomic E-state index is -4.42. The van der Waals surface area contributed by atoms with Crippen molar-refractivity contribution in [2.45, 2.75) is 5.03 Å². The van der Waals surface area contributed by atoms with Gasteiger partial charge in [0.2, 0.25) is 5.03 Å². The van der Waals surface area contributed by atoms with Crippen LogP contribution in [0.3, 0.4) is 0 Å². The average Bonchev–Trinajstić information content (AvgIpc) is 2.41. The van der Waals surface area contributed by atoms with Crippen molar-refractivity contribution in [3.63, 3.8) is 0 Å². The van der Waals surface area contributed by atoms with Crippen molar-refractivity contribution < 1.29 is 27.1 Å². The monoisotopic (exact) mass is 314 g/mol. The number of hydrogen-bond acceptors (Lipinski definition) is 4. The molecule has 0 aliphatic heterocycles. The molecular weight excluding hydrogens is 306 g/mol. The minimum Gasteiger partial charge on any atom is -0.478 e. The van der Waals surface area contributed by atoms with Crippen LogP contribution in [-0.2, 0) is 10.0 Å². The maximum absolute atomic E-state index is 13.7. The molecule has 0 fully saturated rings. The van der Waals surface area contributed by atoms with E-state index in [9.17, 15) is 22.0 Å². The van der Waals surface area contributed by atoms with Gasteiger partial charge in [-0.3, -0.25) is 4.72 Å². The summed E-state index contributed by atoms with van der Waals surface area (Å²) in [6.07, 6.45) is 1.07. The van der Waals surface area contributed by atoms with Gasteiger partial charge >= 0.3 is 5.97 Å². The van der Waals surface area contributed by atoms with E-state index in [-0.39, 0.29) is 5.56 Å². The SMILES string of the molecule is O=C(O)c1ccc(NS(=O)(=O)c2ncccc2F)c(F)c1. The summed E-state index contributed by atoms with van der Waals surface area (Å²) in [6, 6.07) is 4.69. The molecule has 0 saturated heterocycles. The minimum absolute atomic E-state index is 0.348. The quantitative estimate of drug-likeness (QED) is 0.898. The van der Waals surface area contributed by atoms with Crippen LogP contribution in [-0.4, -0.2) is 24.5 Å². The van der Waals surface area contributed by atoms with Gasteiger partial charge in [0.15, 0.2) is 5.82 Å². The number of carboxylic acids is 1. The Morgan fingerprint density at radius 3 is 2.48 bits per heavy atom. The molecule has 2 aromatic rings. The Labute approximate surface area is 118 Å². The van der Waals surface area contributed by atoms with Gasteiger partial charge in [-0.2, -0.15) is 8.42 Å². The largest absolute Gasteiger partial charge is 0.478 e. The fraction of sp³-hybridized carbons (Fsp3) is 0. The van der Waals surface area contributed by atoms with Gasteiger partial charge in [0.1, 0.15) is 5.82 Å². The van der Waals surface area contributed by atoms with Gasteiger partial charge in [0, 0.05) is 6.20 Å². The van der Waals surface area contributed by atoms with Gasteiger partial charge in [-0.25, -0.2) is 18.6 Å². The Hall–Kier alpha value is -2.55. The second-order valence-electron chi connectivity index (χ2n) is 3.90. The molecule has 21 heavy (non-hydrogen) atoms. The molecule has 1 aromatic carbocycles. The van der Waals surface area contributed by atoms with Crippen LogP contribution in [0, 0.1) is 11.6 Å². The lowest BCUT2D eigenvalue weighted by molar-refractivity contribution is 0.0696. The van der Waals surface area contributed by atoms with Crippen molar-refractivity contribution in [3.05, 3.63) is 53.7 Å². The zero-order valence-corrected chi connectivity index (χ0v) is 11.1. The van der Waals surface area contributed by atoms with Gasteiger partial charge in [0.25, 0.3) is 10.0 Å². The molecule has 110 valence electrons. The van der Waals surface area contributed by atoms with E-state index < -0.39 is 38.3 Å². The van der Waals surface area contributed by atoms with Gasteiger partial charge in [-0.05, 0) is 30.3 Å². The molecule has 6 nitrogen and oxygen atoms in total. The van der Waals surface area contributed by atoms with E-state index in [2.05, 4.69) is 4.98 Å². The summed E-state index contributed by atoms with van der Waals surface area (Å²) in [6.45, 7) is 0. The summed E-state index contributed by atoms with van der Waals surface area (Å²) in [4.78, 5) is 14.0. The number of nitrogens with zero attached hydrogens (tertiary/aromatic N) is 1. The van der Waals surface area contributed by atoms with Gasteiger partial charge in [-0.1, -0.05) is 0 Å². The summed E-state index contributed by atoms with van der Waals surface area (Å²) < 4.78 is 52.7. The number of pyridine rings is 1. The lowest BCUT2D eigenvalue weighted by atomic mass is 10.2. The molecule has 0 saturated carbocycles. The van der Waals surface area contributed by atoms with Crippen LogP contribution in [0.25, 0.3) is 0 Å². The van der Waals surface area contributed by atoms with Gasteiger partial charge in [-0.15, -0.1) is 0 Å². The molecule has 0 aliphatic rings. The first kappa shape index (κ1) is 14.9. The van der Waals surface area contributed by atoms with E-state index in [0.717, 1.165) is 24.4 Å². The molecule has 1 aromatic heterocycles. The first-order valence-corrected chi connectivity index (χ1v) is 6.96. The molecule has 9 heteroatoms. The Morgan fingerprint density at radius 1 is 1.19 bits per heavy atom. The summed E-state index contributed by atoms with van der Waals surface area (Å²) in [5, 5.41) is 7.80. The fourth-order valence-electron chi connectivity index (χ4n) is 1.49. The van der Waals surface area contributed by atoms with Crippen molar-refractivity contribution in [2.24, 2.45) is 0 Å². The normalized spacial score (nSPS) is 11.1. The van der Waals surface area contributed by atoms with Crippen LogP contribution in [0.1, 0.15) is 10.4 Å². The summed E-state index contributed by atoms with van der Waals surface area (Å²) in [5.41, 5.74) is -0.857. The van der Waals surface area contributed by atoms with E-state index in [1.165, 1.54) is 6.07 Å². The van der Waals surface area contributed by atoms with Crippen molar-refractivity contribution in [3.8, 4) is 0 Å². The number of benzene rings is 1. The van der Waals surface area contributed by atoms with Crippen molar-refractivity contribution >= 4 is 21.7 Å².